The number of rotatable bonds is 12. The van der Waals surface area contributed by atoms with Crippen molar-refractivity contribution in [2.24, 2.45) is 34.5 Å². The molecule has 1 aliphatic rings. The maximum Gasteiger partial charge on any atom is 0.333 e. The minimum atomic E-state index is -2.94. The van der Waals surface area contributed by atoms with Gasteiger partial charge >= 0.3 is 11.9 Å². The summed E-state index contributed by atoms with van der Waals surface area (Å²) in [5.74, 6) is -8.16. The van der Waals surface area contributed by atoms with Crippen LogP contribution in [0, 0.1) is 17.3 Å². The highest BCUT2D eigenvalue weighted by Gasteiger charge is 2.69. The molecule has 33 heavy (non-hydrogen) atoms. The lowest BCUT2D eigenvalue weighted by atomic mass is 9.53. The second-order valence-corrected chi connectivity index (χ2v) is 9.58. The van der Waals surface area contributed by atoms with Gasteiger partial charge in [-0.3, -0.25) is 19.2 Å². The zero-order chi connectivity index (χ0) is 25.9. The van der Waals surface area contributed by atoms with Crippen molar-refractivity contribution in [3.8, 4) is 0 Å². The van der Waals surface area contributed by atoms with Gasteiger partial charge in [0.2, 0.25) is 0 Å². The summed E-state index contributed by atoms with van der Waals surface area (Å²) in [6.45, 7) is 6.25. The maximum atomic E-state index is 13.3. The number of aliphatic carboxylic acids is 2. The second kappa shape index (κ2) is 10.2. The zero-order valence-electron chi connectivity index (χ0n) is 19.6. The molecule has 1 aliphatic carbocycles. The summed E-state index contributed by atoms with van der Waals surface area (Å²) >= 11 is 0. The van der Waals surface area contributed by atoms with Crippen molar-refractivity contribution in [2.45, 2.75) is 83.3 Å². The molecule has 8 N–H and O–H groups in total. The Morgan fingerprint density at radius 3 is 1.82 bits per heavy atom. The van der Waals surface area contributed by atoms with Gasteiger partial charge in [0.15, 0.2) is 22.6 Å². The quantitative estimate of drug-likeness (QED) is 0.235. The molecular weight excluding hydrogens is 434 g/mol. The fraction of sp³-hybridized carbons (Fsp3) is 0.727. The summed E-state index contributed by atoms with van der Waals surface area (Å²) in [6, 6.07) is -1.65. The summed E-state index contributed by atoms with van der Waals surface area (Å²) in [5, 5.41) is 19.4. The van der Waals surface area contributed by atoms with Crippen molar-refractivity contribution in [1.82, 2.24) is 0 Å². The van der Waals surface area contributed by atoms with Crippen LogP contribution in [0.1, 0.15) is 66.2 Å². The topological polar surface area (TPSA) is 221 Å². The molecule has 0 radical (unpaired) electrons. The second-order valence-electron chi connectivity index (χ2n) is 9.58. The zero-order valence-corrected chi connectivity index (χ0v) is 19.6. The molecule has 0 aliphatic heterocycles. The number of carboxylic acids is 2. The first-order valence-electron chi connectivity index (χ1n) is 11.0. The minimum absolute atomic E-state index is 0.110. The molecule has 0 spiro atoms. The van der Waals surface area contributed by atoms with Crippen molar-refractivity contribution in [3.63, 3.8) is 0 Å². The number of nitrogens with two attached hydrogens (primary N) is 3. The fourth-order valence-electron chi connectivity index (χ4n) is 4.86. The average molecular weight is 470 g/mol. The van der Waals surface area contributed by atoms with Gasteiger partial charge in [0, 0.05) is 19.3 Å². The number of hydrogen-bond acceptors (Lipinski definition) is 9. The molecule has 1 unspecified atom stereocenters. The molecular formula is C22H35N3O8. The molecule has 186 valence electrons. The van der Waals surface area contributed by atoms with Gasteiger partial charge in [-0.15, -0.1) is 0 Å². The van der Waals surface area contributed by atoms with E-state index < -0.39 is 76.4 Å². The van der Waals surface area contributed by atoms with E-state index in [-0.39, 0.29) is 31.6 Å². The molecule has 0 aromatic carbocycles. The smallest absolute Gasteiger partial charge is 0.333 e. The predicted octanol–water partition coefficient (Wildman–Crippen LogP) is -0.193. The molecule has 1 rings (SSSR count). The average Bonchev–Trinajstić information content (AvgIpc) is 2.69. The molecule has 3 atom stereocenters. The summed E-state index contributed by atoms with van der Waals surface area (Å²) in [4.78, 5) is 75.7. The lowest BCUT2D eigenvalue weighted by molar-refractivity contribution is -0.170. The number of carbonyl (C=O) groups is 6. The summed E-state index contributed by atoms with van der Waals surface area (Å²) in [5.41, 5.74) is 10.4. The predicted molar refractivity (Wildman–Crippen MR) is 117 cm³/mol. The van der Waals surface area contributed by atoms with Gasteiger partial charge in [-0.2, -0.15) is 0 Å². The van der Waals surface area contributed by atoms with Crippen LogP contribution in [0.15, 0.2) is 0 Å². The lowest BCUT2D eigenvalue weighted by Crippen LogP contribution is -2.76. The maximum absolute atomic E-state index is 13.3. The number of hydrogen-bond donors (Lipinski definition) is 5. The monoisotopic (exact) mass is 469 g/mol. The molecule has 11 heteroatoms. The van der Waals surface area contributed by atoms with Gasteiger partial charge in [0.25, 0.3) is 0 Å². The van der Waals surface area contributed by atoms with E-state index in [4.69, 9.17) is 17.2 Å². The highest BCUT2D eigenvalue weighted by atomic mass is 16.4. The van der Waals surface area contributed by atoms with E-state index >= 15 is 0 Å². The van der Waals surface area contributed by atoms with Gasteiger partial charge in [0.1, 0.15) is 17.0 Å². The standard InChI is InChI=1S/C22H35N3O8/c1-11(2)10-20(24,18(30)31)14(26)9-8-13(23)17(29)22(25,19(32)33)21(12(3)4)15(27)6-5-7-16(21)28/h11-13H,5-10,23-25H2,1-4H3,(H,30,31)(H,32,33)/t13?,20-,22-/m1/s1. The van der Waals surface area contributed by atoms with Gasteiger partial charge in [0.05, 0.1) is 6.04 Å². The number of carboxylic acid groups (broad SMARTS) is 2. The van der Waals surface area contributed by atoms with E-state index in [2.05, 4.69) is 0 Å². The van der Waals surface area contributed by atoms with Crippen LogP contribution in [0.3, 0.4) is 0 Å². The Labute approximate surface area is 192 Å². The van der Waals surface area contributed by atoms with E-state index in [1.165, 1.54) is 13.8 Å². The van der Waals surface area contributed by atoms with Crippen LogP contribution in [0.25, 0.3) is 0 Å². The Balaban J connectivity index is 3.31. The van der Waals surface area contributed by atoms with Crippen molar-refractivity contribution in [3.05, 3.63) is 0 Å². The molecule has 11 nitrogen and oxygen atoms in total. The van der Waals surface area contributed by atoms with Gasteiger partial charge in [-0.25, -0.2) is 9.59 Å². The van der Waals surface area contributed by atoms with E-state index in [1.54, 1.807) is 13.8 Å². The largest absolute Gasteiger partial charge is 0.480 e. The van der Waals surface area contributed by atoms with Gasteiger partial charge in [-0.05, 0) is 31.1 Å². The molecule has 1 saturated carbocycles. The summed E-state index contributed by atoms with van der Waals surface area (Å²) < 4.78 is 0. The number of Topliss-reactive ketones (excluding diaryl/α,β-unsaturated/α-hetero) is 4. The molecule has 0 amide bonds. The third kappa shape index (κ3) is 4.75. The van der Waals surface area contributed by atoms with Crippen molar-refractivity contribution >= 4 is 35.1 Å². The SMILES string of the molecule is CC(C)C[C@](N)(C(=O)O)C(=O)CCC(N)C(=O)[C@@](N)(C(=O)O)C1(C(C)C)C(=O)CCCC1=O. The van der Waals surface area contributed by atoms with Crippen LogP contribution >= 0.6 is 0 Å². The van der Waals surface area contributed by atoms with Gasteiger partial charge < -0.3 is 27.4 Å². The summed E-state index contributed by atoms with van der Waals surface area (Å²) in [6.07, 6.45) is -1.14. The first-order chi connectivity index (χ1) is 15.0. The molecule has 0 heterocycles. The number of ketones is 4. The fourth-order valence-corrected chi connectivity index (χ4v) is 4.86. The Bertz CT molecular complexity index is 837. The third-order valence-electron chi connectivity index (χ3n) is 6.53. The normalized spacial score (nSPS) is 20.8. The van der Waals surface area contributed by atoms with E-state index in [0.29, 0.717) is 0 Å². The molecule has 0 aromatic rings. The Kier molecular flexibility index (Phi) is 8.81. The van der Waals surface area contributed by atoms with E-state index in [1.807, 2.05) is 0 Å². The third-order valence-corrected chi connectivity index (χ3v) is 6.53. The van der Waals surface area contributed by atoms with Crippen LogP contribution < -0.4 is 17.2 Å². The Morgan fingerprint density at radius 1 is 0.970 bits per heavy atom. The van der Waals surface area contributed by atoms with Crippen LogP contribution in [0.2, 0.25) is 0 Å². The molecule has 0 bridgehead atoms. The van der Waals surface area contributed by atoms with Gasteiger partial charge in [-0.1, -0.05) is 27.7 Å². The first-order valence-corrected chi connectivity index (χ1v) is 11.0. The van der Waals surface area contributed by atoms with Crippen LogP contribution in [0.5, 0.6) is 0 Å². The van der Waals surface area contributed by atoms with E-state index in [0.717, 1.165) is 0 Å². The summed E-state index contributed by atoms with van der Waals surface area (Å²) in [7, 11) is 0. The van der Waals surface area contributed by atoms with Crippen LogP contribution in [-0.2, 0) is 28.8 Å². The van der Waals surface area contributed by atoms with E-state index in [9.17, 15) is 39.0 Å². The Morgan fingerprint density at radius 2 is 1.45 bits per heavy atom. The molecule has 1 fully saturated rings. The first kappa shape index (κ1) is 28.5. The Hall–Kier alpha value is -2.50. The molecule has 0 aromatic heterocycles. The molecule has 0 saturated heterocycles. The van der Waals surface area contributed by atoms with Crippen molar-refractivity contribution in [2.75, 3.05) is 0 Å². The van der Waals surface area contributed by atoms with Crippen LogP contribution in [0.4, 0.5) is 0 Å². The number of carbonyl (C=O) groups excluding carboxylic acids is 4. The van der Waals surface area contributed by atoms with Crippen LogP contribution in [-0.4, -0.2) is 62.4 Å². The highest BCUT2D eigenvalue weighted by molar-refractivity contribution is 6.24. The van der Waals surface area contributed by atoms with Crippen molar-refractivity contribution in [1.29, 1.82) is 0 Å². The lowest BCUT2D eigenvalue weighted by Gasteiger charge is -2.47. The van der Waals surface area contributed by atoms with Crippen molar-refractivity contribution < 1.29 is 39.0 Å². The highest BCUT2D eigenvalue weighted by Crippen LogP contribution is 2.46. The minimum Gasteiger partial charge on any atom is -0.480 e.